The lowest BCUT2D eigenvalue weighted by atomic mass is 10.2. The number of hydrogen-bond donors (Lipinski definition) is 1. The van der Waals surface area contributed by atoms with Crippen molar-refractivity contribution < 1.29 is 13.5 Å². The summed E-state index contributed by atoms with van der Waals surface area (Å²) < 4.78 is 27.9. The molecule has 1 atom stereocenters. The molecular weight excluding hydrogens is 336 g/mol. The minimum absolute atomic E-state index is 0.0331. The molecule has 1 aromatic heterocycles. The van der Waals surface area contributed by atoms with Crippen LogP contribution in [0.25, 0.3) is 10.9 Å². The van der Waals surface area contributed by atoms with E-state index in [1.54, 1.807) is 49.5 Å². The van der Waals surface area contributed by atoms with E-state index >= 15 is 0 Å². The molecule has 0 bridgehead atoms. The molecule has 1 heterocycles. The van der Waals surface area contributed by atoms with Crippen LogP contribution in [-0.2, 0) is 10.0 Å². The summed E-state index contributed by atoms with van der Waals surface area (Å²) in [5.41, 5.74) is 1.90. The Bertz CT molecular complexity index is 986. The van der Waals surface area contributed by atoms with Gasteiger partial charge in [-0.1, -0.05) is 30.3 Å². The third-order valence-electron chi connectivity index (χ3n) is 3.85. The van der Waals surface area contributed by atoms with Crippen LogP contribution < -0.4 is 4.31 Å². The lowest BCUT2D eigenvalue weighted by molar-refractivity contribution is 0.204. The molecule has 3 aromatic rings. The number of aryl methyl sites for hydroxylation is 1. The Kier molecular flexibility index (Phi) is 4.74. The van der Waals surface area contributed by atoms with E-state index in [2.05, 4.69) is 4.98 Å². The molecule has 0 amide bonds. The highest BCUT2D eigenvalue weighted by Gasteiger charge is 2.28. The third kappa shape index (κ3) is 3.50. The highest BCUT2D eigenvalue weighted by molar-refractivity contribution is 7.93. The van der Waals surface area contributed by atoms with Gasteiger partial charge in [-0.2, -0.15) is 0 Å². The summed E-state index contributed by atoms with van der Waals surface area (Å²) >= 11 is 0. The van der Waals surface area contributed by atoms with Crippen molar-refractivity contribution in [1.29, 1.82) is 0 Å². The molecule has 0 saturated carbocycles. The molecule has 0 aliphatic carbocycles. The van der Waals surface area contributed by atoms with Crippen LogP contribution in [0.2, 0.25) is 0 Å². The summed E-state index contributed by atoms with van der Waals surface area (Å²) in [6.45, 7) is 3.45. The second kappa shape index (κ2) is 6.82. The van der Waals surface area contributed by atoms with Crippen molar-refractivity contribution in [1.82, 2.24) is 4.98 Å². The average Bonchev–Trinajstić information content (AvgIpc) is 2.59. The maximum atomic E-state index is 13.3. The first-order chi connectivity index (χ1) is 11.9. The van der Waals surface area contributed by atoms with Crippen molar-refractivity contribution in [3.05, 3.63) is 66.4 Å². The smallest absolute Gasteiger partial charge is 0.266 e. The van der Waals surface area contributed by atoms with Gasteiger partial charge in [-0.3, -0.25) is 9.29 Å². The normalized spacial score (nSPS) is 12.9. The monoisotopic (exact) mass is 356 g/mol. The zero-order valence-electron chi connectivity index (χ0n) is 14.1. The standard InChI is InChI=1S/C19H20N2O3S/c1-14-11-16-7-6-10-18(19(16)20-12-14)25(23,24)21(13-15(2)22)17-8-4-3-5-9-17/h3-12,15,22H,13H2,1-2H3/t15-/m1/s1. The second-order valence-electron chi connectivity index (χ2n) is 6.06. The van der Waals surface area contributed by atoms with E-state index < -0.39 is 16.1 Å². The Morgan fingerprint density at radius 1 is 1.12 bits per heavy atom. The minimum Gasteiger partial charge on any atom is -0.392 e. The van der Waals surface area contributed by atoms with Crippen LogP contribution in [0.4, 0.5) is 5.69 Å². The van der Waals surface area contributed by atoms with Gasteiger partial charge in [-0.25, -0.2) is 8.42 Å². The SMILES string of the molecule is Cc1cnc2c(S(=O)(=O)N(C[C@@H](C)O)c3ccccc3)cccc2c1. The van der Waals surface area contributed by atoms with Crippen molar-refractivity contribution in [2.75, 3.05) is 10.8 Å². The lowest BCUT2D eigenvalue weighted by Gasteiger charge is -2.26. The van der Waals surface area contributed by atoms with E-state index in [0.29, 0.717) is 11.2 Å². The molecule has 0 aliphatic heterocycles. The number of pyridine rings is 1. The average molecular weight is 356 g/mol. The number of benzene rings is 2. The summed E-state index contributed by atoms with van der Waals surface area (Å²) in [5.74, 6) is 0. The molecular formula is C19H20N2O3S. The van der Waals surface area contributed by atoms with Crippen molar-refractivity contribution in [3.63, 3.8) is 0 Å². The number of aliphatic hydroxyl groups excluding tert-OH is 1. The molecule has 0 unspecified atom stereocenters. The van der Waals surface area contributed by atoms with E-state index in [1.807, 2.05) is 25.1 Å². The topological polar surface area (TPSA) is 70.5 Å². The van der Waals surface area contributed by atoms with E-state index in [4.69, 9.17) is 0 Å². The fourth-order valence-electron chi connectivity index (χ4n) is 2.75. The van der Waals surface area contributed by atoms with Crippen LogP contribution in [0, 0.1) is 6.92 Å². The summed E-state index contributed by atoms with van der Waals surface area (Å²) in [6, 6.07) is 15.8. The van der Waals surface area contributed by atoms with Gasteiger partial charge in [0.1, 0.15) is 4.90 Å². The van der Waals surface area contributed by atoms with Gasteiger partial charge in [0, 0.05) is 11.6 Å². The number of hydrogen-bond acceptors (Lipinski definition) is 4. The number of para-hydroxylation sites is 2. The number of aliphatic hydroxyl groups is 1. The number of nitrogens with zero attached hydrogens (tertiary/aromatic N) is 2. The maximum Gasteiger partial charge on any atom is 0.266 e. The molecule has 0 spiro atoms. The largest absolute Gasteiger partial charge is 0.392 e. The van der Waals surface area contributed by atoms with Gasteiger partial charge in [0.15, 0.2) is 0 Å². The molecule has 5 nitrogen and oxygen atoms in total. The first-order valence-corrected chi connectivity index (χ1v) is 9.45. The fraction of sp³-hybridized carbons (Fsp3) is 0.211. The highest BCUT2D eigenvalue weighted by atomic mass is 32.2. The van der Waals surface area contributed by atoms with E-state index in [9.17, 15) is 13.5 Å². The quantitative estimate of drug-likeness (QED) is 0.762. The van der Waals surface area contributed by atoms with Gasteiger partial charge in [-0.15, -0.1) is 0 Å². The summed E-state index contributed by atoms with van der Waals surface area (Å²) in [4.78, 5) is 4.47. The van der Waals surface area contributed by atoms with Crippen LogP contribution in [0.3, 0.4) is 0 Å². The summed E-state index contributed by atoms with van der Waals surface area (Å²) in [6.07, 6.45) is 0.850. The molecule has 25 heavy (non-hydrogen) atoms. The first-order valence-electron chi connectivity index (χ1n) is 8.01. The predicted octanol–water partition coefficient (Wildman–Crippen LogP) is 3.12. The van der Waals surface area contributed by atoms with Crippen LogP contribution in [0.1, 0.15) is 12.5 Å². The number of anilines is 1. The molecule has 3 rings (SSSR count). The van der Waals surface area contributed by atoms with E-state index in [1.165, 1.54) is 4.31 Å². The highest BCUT2D eigenvalue weighted by Crippen LogP contribution is 2.28. The van der Waals surface area contributed by atoms with Crippen LogP contribution in [0.5, 0.6) is 0 Å². The van der Waals surface area contributed by atoms with Crippen LogP contribution >= 0.6 is 0 Å². The molecule has 0 fully saturated rings. The van der Waals surface area contributed by atoms with Crippen molar-refractivity contribution in [2.24, 2.45) is 0 Å². The third-order valence-corrected chi connectivity index (χ3v) is 5.68. The van der Waals surface area contributed by atoms with Gasteiger partial charge in [0.05, 0.1) is 23.9 Å². The van der Waals surface area contributed by atoms with Gasteiger partial charge in [-0.05, 0) is 43.7 Å². The van der Waals surface area contributed by atoms with Gasteiger partial charge < -0.3 is 5.11 Å². The van der Waals surface area contributed by atoms with Crippen molar-refractivity contribution in [2.45, 2.75) is 24.8 Å². The first kappa shape index (κ1) is 17.4. The minimum atomic E-state index is -3.88. The molecule has 0 aliphatic rings. The molecule has 130 valence electrons. The number of rotatable bonds is 5. The maximum absolute atomic E-state index is 13.3. The molecule has 1 N–H and O–H groups in total. The Hall–Kier alpha value is -2.44. The zero-order chi connectivity index (χ0) is 18.0. The predicted molar refractivity (Wildman–Crippen MR) is 99.1 cm³/mol. The van der Waals surface area contributed by atoms with Gasteiger partial charge in [0.25, 0.3) is 10.0 Å². The fourth-order valence-corrected chi connectivity index (χ4v) is 4.46. The zero-order valence-corrected chi connectivity index (χ0v) is 14.9. The Balaban J connectivity index is 2.19. The molecule has 0 radical (unpaired) electrons. The molecule has 2 aromatic carbocycles. The number of sulfonamides is 1. The van der Waals surface area contributed by atoms with E-state index in [0.717, 1.165) is 10.9 Å². The molecule has 0 saturated heterocycles. The number of aromatic nitrogens is 1. The second-order valence-corrected chi connectivity index (χ2v) is 7.89. The Morgan fingerprint density at radius 3 is 2.52 bits per heavy atom. The van der Waals surface area contributed by atoms with Crippen LogP contribution in [-0.4, -0.2) is 31.2 Å². The summed E-state index contributed by atoms with van der Waals surface area (Å²) in [7, 11) is -3.88. The Morgan fingerprint density at radius 2 is 1.84 bits per heavy atom. The van der Waals surface area contributed by atoms with E-state index in [-0.39, 0.29) is 11.4 Å². The van der Waals surface area contributed by atoms with Crippen molar-refractivity contribution in [3.8, 4) is 0 Å². The van der Waals surface area contributed by atoms with Crippen LogP contribution in [0.15, 0.2) is 65.7 Å². The summed E-state index contributed by atoms with van der Waals surface area (Å²) in [5, 5.41) is 10.6. The van der Waals surface area contributed by atoms with Crippen molar-refractivity contribution >= 4 is 26.6 Å². The Labute approximate surface area is 147 Å². The molecule has 6 heteroatoms. The van der Waals surface area contributed by atoms with Gasteiger partial charge in [0.2, 0.25) is 0 Å². The number of fused-ring (bicyclic) bond motifs is 1. The lowest BCUT2D eigenvalue weighted by Crippen LogP contribution is -2.36. The van der Waals surface area contributed by atoms with Gasteiger partial charge >= 0.3 is 0 Å².